The third-order valence-electron chi connectivity index (χ3n) is 6.21. The van der Waals surface area contributed by atoms with Gasteiger partial charge in [-0.05, 0) is 53.8 Å². The van der Waals surface area contributed by atoms with Crippen LogP contribution >= 0.6 is 0 Å². The monoisotopic (exact) mass is 385 g/mol. The second-order valence-electron chi connectivity index (χ2n) is 7.90. The summed E-state index contributed by atoms with van der Waals surface area (Å²) in [6.45, 7) is 3.97. The zero-order valence-corrected chi connectivity index (χ0v) is 16.8. The summed E-state index contributed by atoms with van der Waals surface area (Å²) < 4.78 is 16.0. The van der Waals surface area contributed by atoms with Crippen LogP contribution in [0.25, 0.3) is 10.9 Å². The van der Waals surface area contributed by atoms with Crippen molar-refractivity contribution in [3.05, 3.63) is 94.6 Å². The Hall–Kier alpha value is -3.14. The molecule has 0 N–H and O–H groups in total. The van der Waals surface area contributed by atoms with E-state index in [0.717, 1.165) is 30.9 Å². The fraction of sp³-hybridized carbons (Fsp3) is 0.240. The van der Waals surface area contributed by atoms with Gasteiger partial charge in [0.1, 0.15) is 11.6 Å². The fourth-order valence-corrected chi connectivity index (χ4v) is 4.56. The first kappa shape index (κ1) is 17.9. The topological polar surface area (TPSA) is 21.1 Å². The van der Waals surface area contributed by atoms with E-state index in [-0.39, 0.29) is 5.82 Å². The van der Waals surface area contributed by atoms with Crippen LogP contribution in [0.3, 0.4) is 0 Å². The summed E-state index contributed by atoms with van der Waals surface area (Å²) in [6, 6.07) is 17.7. The summed E-state index contributed by atoms with van der Waals surface area (Å²) in [5.41, 5.74) is 7.40. The quantitative estimate of drug-likeness (QED) is 0.485. The molecule has 0 saturated carbocycles. The molecule has 0 fully saturated rings. The molecule has 0 saturated heterocycles. The van der Waals surface area contributed by atoms with E-state index in [2.05, 4.69) is 53.8 Å². The lowest BCUT2D eigenvalue weighted by atomic mass is 9.98. The zero-order valence-electron chi connectivity index (χ0n) is 16.8. The van der Waals surface area contributed by atoms with Crippen molar-refractivity contribution >= 4 is 16.7 Å². The average molecular weight is 385 g/mol. The van der Waals surface area contributed by atoms with Crippen LogP contribution in [0.15, 0.2) is 60.8 Å². The van der Waals surface area contributed by atoms with Crippen LogP contribution in [0.1, 0.15) is 27.9 Å². The Morgan fingerprint density at radius 2 is 1.86 bits per heavy atom. The molecule has 5 rings (SSSR count). The van der Waals surface area contributed by atoms with Crippen LogP contribution < -0.4 is 4.90 Å². The maximum Gasteiger partial charge on any atom is 0.138 e. The lowest BCUT2D eigenvalue weighted by Gasteiger charge is -2.30. The molecule has 0 unspecified atom stereocenters. The van der Waals surface area contributed by atoms with Crippen molar-refractivity contribution in [1.29, 1.82) is 0 Å². The lowest BCUT2D eigenvalue weighted by molar-refractivity contribution is 0.626. The highest BCUT2D eigenvalue weighted by molar-refractivity contribution is 5.95. The van der Waals surface area contributed by atoms with Gasteiger partial charge in [-0.25, -0.2) is 9.37 Å². The Morgan fingerprint density at radius 1 is 1.03 bits per heavy atom. The van der Waals surface area contributed by atoms with Crippen LogP contribution in [-0.4, -0.2) is 16.1 Å². The SMILES string of the molecule is Cc1c(Cc2cccc(F)c2)c2c(N3CCc4ccccc4C3)nccc2n1C. The molecule has 1 aliphatic rings. The number of anilines is 1. The van der Waals surface area contributed by atoms with Gasteiger partial charge in [0.25, 0.3) is 0 Å². The molecule has 0 spiro atoms. The molecule has 3 nitrogen and oxygen atoms in total. The van der Waals surface area contributed by atoms with Gasteiger partial charge in [-0.2, -0.15) is 0 Å². The van der Waals surface area contributed by atoms with Crippen LogP contribution in [0.2, 0.25) is 0 Å². The van der Waals surface area contributed by atoms with E-state index in [1.807, 2.05) is 12.3 Å². The van der Waals surface area contributed by atoms with Crippen molar-refractivity contribution in [3.63, 3.8) is 0 Å². The molecule has 29 heavy (non-hydrogen) atoms. The second kappa shape index (κ2) is 7.03. The standard InChI is InChI=1S/C25H24FN3/c1-17-22(15-18-6-5-9-21(26)14-18)24-23(28(17)2)10-12-27-25(24)29-13-11-19-7-3-4-8-20(19)16-29/h3-10,12,14H,11,13,15-16H2,1-2H3. The molecular formula is C25H24FN3. The molecule has 0 radical (unpaired) electrons. The molecule has 2 aromatic carbocycles. The van der Waals surface area contributed by atoms with E-state index in [4.69, 9.17) is 4.98 Å². The Balaban J connectivity index is 1.63. The number of aryl methyl sites for hydroxylation is 1. The van der Waals surface area contributed by atoms with E-state index in [0.29, 0.717) is 6.42 Å². The van der Waals surface area contributed by atoms with Gasteiger partial charge in [0.05, 0.1) is 5.52 Å². The first-order chi connectivity index (χ1) is 14.1. The van der Waals surface area contributed by atoms with Gasteiger partial charge in [-0.15, -0.1) is 0 Å². The molecule has 3 heterocycles. The number of benzene rings is 2. The van der Waals surface area contributed by atoms with Crippen molar-refractivity contribution in [2.24, 2.45) is 7.05 Å². The number of nitrogens with zero attached hydrogens (tertiary/aromatic N) is 3. The van der Waals surface area contributed by atoms with Crippen LogP contribution in [0.5, 0.6) is 0 Å². The van der Waals surface area contributed by atoms with Crippen LogP contribution in [0, 0.1) is 12.7 Å². The van der Waals surface area contributed by atoms with Gasteiger partial charge in [-0.3, -0.25) is 0 Å². The number of hydrogen-bond acceptors (Lipinski definition) is 2. The van der Waals surface area contributed by atoms with E-state index in [1.165, 1.54) is 39.4 Å². The molecule has 0 amide bonds. The minimum absolute atomic E-state index is 0.189. The molecule has 0 bridgehead atoms. The molecule has 0 atom stereocenters. The third kappa shape index (κ3) is 3.09. The Labute approximate surface area is 170 Å². The van der Waals surface area contributed by atoms with Gasteiger partial charge in [-0.1, -0.05) is 36.4 Å². The number of hydrogen-bond donors (Lipinski definition) is 0. The minimum Gasteiger partial charge on any atom is -0.351 e. The van der Waals surface area contributed by atoms with Gasteiger partial charge in [0, 0.05) is 43.8 Å². The minimum atomic E-state index is -0.189. The maximum atomic E-state index is 13.8. The molecule has 4 aromatic rings. The number of aromatic nitrogens is 2. The van der Waals surface area contributed by atoms with Crippen molar-refractivity contribution in [2.75, 3.05) is 11.4 Å². The number of fused-ring (bicyclic) bond motifs is 2. The van der Waals surface area contributed by atoms with Crippen molar-refractivity contribution in [3.8, 4) is 0 Å². The largest absolute Gasteiger partial charge is 0.351 e. The second-order valence-corrected chi connectivity index (χ2v) is 7.90. The Bertz CT molecular complexity index is 1210. The predicted octanol–water partition coefficient (Wildman–Crippen LogP) is 5.17. The van der Waals surface area contributed by atoms with Crippen molar-refractivity contribution < 1.29 is 4.39 Å². The number of pyridine rings is 1. The summed E-state index contributed by atoms with van der Waals surface area (Å²) in [4.78, 5) is 7.20. The van der Waals surface area contributed by atoms with E-state index in [1.54, 1.807) is 12.1 Å². The van der Waals surface area contributed by atoms with Gasteiger partial charge < -0.3 is 9.47 Å². The summed E-state index contributed by atoms with van der Waals surface area (Å²) in [7, 11) is 2.10. The van der Waals surface area contributed by atoms with Crippen molar-refractivity contribution in [2.45, 2.75) is 26.3 Å². The molecule has 2 aromatic heterocycles. The lowest BCUT2D eigenvalue weighted by Crippen LogP contribution is -2.31. The summed E-state index contributed by atoms with van der Waals surface area (Å²) in [6.07, 6.45) is 3.63. The fourth-order valence-electron chi connectivity index (χ4n) is 4.56. The summed E-state index contributed by atoms with van der Waals surface area (Å²) in [5, 5.41) is 1.19. The highest BCUT2D eigenvalue weighted by Crippen LogP contribution is 2.35. The van der Waals surface area contributed by atoms with Crippen LogP contribution in [0.4, 0.5) is 10.2 Å². The average Bonchev–Trinajstić information content (AvgIpc) is 2.98. The van der Waals surface area contributed by atoms with Gasteiger partial charge in [0.15, 0.2) is 0 Å². The Morgan fingerprint density at radius 3 is 2.69 bits per heavy atom. The number of halogens is 1. The highest BCUT2D eigenvalue weighted by atomic mass is 19.1. The third-order valence-corrected chi connectivity index (χ3v) is 6.21. The smallest absolute Gasteiger partial charge is 0.138 e. The van der Waals surface area contributed by atoms with Crippen LogP contribution in [-0.2, 0) is 26.4 Å². The summed E-state index contributed by atoms with van der Waals surface area (Å²) >= 11 is 0. The molecule has 146 valence electrons. The first-order valence-electron chi connectivity index (χ1n) is 10.1. The molecule has 0 aliphatic carbocycles. The summed E-state index contributed by atoms with van der Waals surface area (Å²) in [5.74, 6) is 0.846. The predicted molar refractivity (Wildman–Crippen MR) is 116 cm³/mol. The number of rotatable bonds is 3. The van der Waals surface area contributed by atoms with E-state index >= 15 is 0 Å². The first-order valence-corrected chi connectivity index (χ1v) is 10.1. The normalized spacial score (nSPS) is 13.7. The Kier molecular flexibility index (Phi) is 4.35. The molecule has 1 aliphatic heterocycles. The maximum absolute atomic E-state index is 13.8. The van der Waals surface area contributed by atoms with Gasteiger partial charge >= 0.3 is 0 Å². The molecule has 4 heteroatoms. The van der Waals surface area contributed by atoms with E-state index in [9.17, 15) is 4.39 Å². The van der Waals surface area contributed by atoms with E-state index < -0.39 is 0 Å². The van der Waals surface area contributed by atoms with Gasteiger partial charge in [0.2, 0.25) is 0 Å². The van der Waals surface area contributed by atoms with Crippen molar-refractivity contribution in [1.82, 2.24) is 9.55 Å². The zero-order chi connectivity index (χ0) is 20.0. The highest BCUT2D eigenvalue weighted by Gasteiger charge is 2.23. The molecular weight excluding hydrogens is 361 g/mol.